The molecule has 0 aliphatic carbocycles. The summed E-state index contributed by atoms with van der Waals surface area (Å²) in [6, 6.07) is 3.50. The van der Waals surface area contributed by atoms with E-state index in [1.165, 1.54) is 23.5 Å². The minimum absolute atomic E-state index is 0.154. The second-order valence-electron chi connectivity index (χ2n) is 7.21. The topological polar surface area (TPSA) is 104 Å². The van der Waals surface area contributed by atoms with Gasteiger partial charge in [-0.05, 0) is 19.9 Å². The Morgan fingerprint density at radius 2 is 2.03 bits per heavy atom. The smallest absolute Gasteiger partial charge is 0.425 e. The molecule has 0 spiro atoms. The van der Waals surface area contributed by atoms with Crippen LogP contribution in [0, 0.1) is 11.3 Å². The highest BCUT2D eigenvalue weighted by Crippen LogP contribution is 2.24. The summed E-state index contributed by atoms with van der Waals surface area (Å²) < 4.78 is 48.0. The van der Waals surface area contributed by atoms with Crippen LogP contribution in [0.15, 0.2) is 30.9 Å². The third-order valence-corrected chi connectivity index (χ3v) is 4.92. The zero-order chi connectivity index (χ0) is 23.3. The van der Waals surface area contributed by atoms with Crippen molar-refractivity contribution < 1.29 is 27.4 Å². The number of hydrogen-bond acceptors (Lipinski definition) is 8. The molecular weight excluding hydrogens is 429 g/mol. The summed E-state index contributed by atoms with van der Waals surface area (Å²) in [6.07, 6.45) is -1.76. The Bertz CT molecular complexity index is 980. The van der Waals surface area contributed by atoms with Crippen molar-refractivity contribution in [2.45, 2.75) is 38.8 Å². The number of piperazine rings is 1. The van der Waals surface area contributed by atoms with Gasteiger partial charge in [0.1, 0.15) is 12.7 Å². The van der Waals surface area contributed by atoms with Crippen molar-refractivity contribution >= 4 is 12.0 Å². The van der Waals surface area contributed by atoms with E-state index < -0.39 is 18.4 Å². The van der Waals surface area contributed by atoms with Gasteiger partial charge in [-0.2, -0.15) is 18.4 Å². The molecule has 170 valence electrons. The van der Waals surface area contributed by atoms with Crippen molar-refractivity contribution in [1.82, 2.24) is 19.9 Å². The number of rotatable bonds is 5. The fourth-order valence-corrected chi connectivity index (χ4v) is 3.06. The lowest BCUT2D eigenvalue weighted by Gasteiger charge is -2.39. The van der Waals surface area contributed by atoms with Crippen LogP contribution in [0.3, 0.4) is 0 Å². The van der Waals surface area contributed by atoms with Crippen molar-refractivity contribution in [3.05, 3.63) is 42.0 Å². The van der Waals surface area contributed by atoms with Gasteiger partial charge in [0, 0.05) is 43.6 Å². The number of nitrogens with zero attached hydrogens (tertiary/aromatic N) is 6. The third-order valence-electron chi connectivity index (χ3n) is 4.92. The Kier molecular flexibility index (Phi) is 6.97. The lowest BCUT2D eigenvalue weighted by Crippen LogP contribution is -2.55. The van der Waals surface area contributed by atoms with E-state index in [9.17, 15) is 18.0 Å². The third kappa shape index (κ3) is 5.54. The summed E-state index contributed by atoms with van der Waals surface area (Å²) >= 11 is 0. The SMILES string of the molecule is CC(OC(=O)N1CCN(c2ncc(OCc3ccncc3C#N)cn2)[C@H](C)C1)C(F)(F)F. The largest absolute Gasteiger partial charge is 0.486 e. The van der Waals surface area contributed by atoms with Gasteiger partial charge in [-0.1, -0.05) is 0 Å². The molecule has 2 aromatic heterocycles. The summed E-state index contributed by atoms with van der Waals surface area (Å²) in [5.74, 6) is 0.814. The molecule has 0 radical (unpaired) electrons. The van der Waals surface area contributed by atoms with E-state index in [1.807, 2.05) is 17.9 Å². The van der Waals surface area contributed by atoms with E-state index in [-0.39, 0.29) is 25.7 Å². The van der Waals surface area contributed by atoms with Crippen LogP contribution in [0.1, 0.15) is 25.0 Å². The van der Waals surface area contributed by atoms with Gasteiger partial charge in [0.25, 0.3) is 0 Å². The zero-order valence-corrected chi connectivity index (χ0v) is 17.4. The summed E-state index contributed by atoms with van der Waals surface area (Å²) in [7, 11) is 0. The zero-order valence-electron chi connectivity index (χ0n) is 17.4. The molecule has 12 heteroatoms. The molecule has 1 fully saturated rings. The number of pyridine rings is 1. The standard InChI is InChI=1S/C20H21F3N6O3/c1-13-11-28(19(30)32-14(2)20(21,22)23)5-6-29(13)18-26-9-17(10-27-18)31-12-15-3-4-25-8-16(15)7-24/h3-4,8-10,13-14H,5-6,11-12H2,1-2H3/t13-,14?/m1/s1. The number of ether oxygens (including phenoxy) is 2. The van der Waals surface area contributed by atoms with Gasteiger partial charge in [0.05, 0.1) is 18.0 Å². The van der Waals surface area contributed by atoms with Gasteiger partial charge in [0.15, 0.2) is 11.9 Å². The predicted octanol–water partition coefficient (Wildman–Crippen LogP) is 2.92. The molecule has 0 saturated carbocycles. The molecule has 0 N–H and O–H groups in total. The molecule has 1 saturated heterocycles. The molecule has 1 unspecified atom stereocenters. The van der Waals surface area contributed by atoms with Crippen LogP contribution in [0.2, 0.25) is 0 Å². The number of aromatic nitrogens is 3. The van der Waals surface area contributed by atoms with E-state index in [0.717, 1.165) is 6.92 Å². The number of halogens is 3. The van der Waals surface area contributed by atoms with Crippen molar-refractivity contribution in [2.24, 2.45) is 0 Å². The Morgan fingerprint density at radius 3 is 2.66 bits per heavy atom. The van der Waals surface area contributed by atoms with Crippen LogP contribution in [0.5, 0.6) is 5.75 Å². The van der Waals surface area contributed by atoms with Gasteiger partial charge in [0.2, 0.25) is 5.95 Å². The van der Waals surface area contributed by atoms with E-state index in [0.29, 0.717) is 29.4 Å². The molecule has 2 atom stereocenters. The van der Waals surface area contributed by atoms with Crippen molar-refractivity contribution in [1.29, 1.82) is 5.26 Å². The maximum absolute atomic E-state index is 12.6. The van der Waals surface area contributed by atoms with E-state index >= 15 is 0 Å². The average molecular weight is 450 g/mol. The van der Waals surface area contributed by atoms with Crippen molar-refractivity contribution in [2.75, 3.05) is 24.5 Å². The number of alkyl halides is 3. The Hall–Kier alpha value is -3.62. The molecule has 1 aliphatic heterocycles. The minimum Gasteiger partial charge on any atom is -0.486 e. The molecule has 2 aromatic rings. The Balaban J connectivity index is 1.55. The fraction of sp³-hybridized carbons (Fsp3) is 0.450. The Morgan fingerprint density at radius 1 is 1.31 bits per heavy atom. The maximum atomic E-state index is 12.6. The Labute approximate surface area is 182 Å². The van der Waals surface area contributed by atoms with Gasteiger partial charge < -0.3 is 19.3 Å². The molecular formula is C20H21F3N6O3. The highest BCUT2D eigenvalue weighted by atomic mass is 19.4. The molecule has 0 bridgehead atoms. The first-order valence-corrected chi connectivity index (χ1v) is 9.75. The molecule has 1 amide bonds. The van der Waals surface area contributed by atoms with E-state index in [4.69, 9.17) is 10.00 Å². The first kappa shape index (κ1) is 23.1. The van der Waals surface area contributed by atoms with Gasteiger partial charge in [-0.3, -0.25) is 4.98 Å². The van der Waals surface area contributed by atoms with Crippen LogP contribution in [0.25, 0.3) is 0 Å². The number of amides is 1. The lowest BCUT2D eigenvalue weighted by molar-refractivity contribution is -0.199. The van der Waals surface area contributed by atoms with Gasteiger partial charge in [-0.25, -0.2) is 14.8 Å². The number of hydrogen-bond donors (Lipinski definition) is 0. The molecule has 3 heterocycles. The van der Waals surface area contributed by atoms with Crippen molar-refractivity contribution in [3.63, 3.8) is 0 Å². The first-order chi connectivity index (χ1) is 15.2. The molecule has 32 heavy (non-hydrogen) atoms. The van der Waals surface area contributed by atoms with Crippen LogP contribution in [-0.2, 0) is 11.3 Å². The van der Waals surface area contributed by atoms with Crippen LogP contribution in [0.4, 0.5) is 23.9 Å². The first-order valence-electron chi connectivity index (χ1n) is 9.75. The summed E-state index contributed by atoms with van der Waals surface area (Å²) in [4.78, 5) is 27.6. The highest BCUT2D eigenvalue weighted by Gasteiger charge is 2.40. The number of nitriles is 1. The van der Waals surface area contributed by atoms with Crippen molar-refractivity contribution in [3.8, 4) is 11.8 Å². The normalized spacial score (nSPS) is 17.4. The second kappa shape index (κ2) is 9.67. The molecule has 1 aliphatic rings. The summed E-state index contributed by atoms with van der Waals surface area (Å²) in [5.41, 5.74) is 1.10. The van der Waals surface area contributed by atoms with Crippen LogP contribution >= 0.6 is 0 Å². The van der Waals surface area contributed by atoms with Crippen LogP contribution in [-0.4, -0.2) is 63.9 Å². The highest BCUT2D eigenvalue weighted by molar-refractivity contribution is 5.68. The molecule has 0 aromatic carbocycles. The lowest BCUT2D eigenvalue weighted by atomic mass is 10.2. The van der Waals surface area contributed by atoms with Gasteiger partial charge in [-0.15, -0.1) is 0 Å². The van der Waals surface area contributed by atoms with Crippen LogP contribution < -0.4 is 9.64 Å². The quantitative estimate of drug-likeness (QED) is 0.685. The fourth-order valence-electron chi connectivity index (χ4n) is 3.06. The molecule has 3 rings (SSSR count). The monoisotopic (exact) mass is 450 g/mol. The maximum Gasteiger partial charge on any atom is 0.425 e. The predicted molar refractivity (Wildman–Crippen MR) is 106 cm³/mol. The average Bonchev–Trinajstić information content (AvgIpc) is 2.77. The number of carbonyl (C=O) groups excluding carboxylic acids is 1. The second-order valence-corrected chi connectivity index (χ2v) is 7.21. The van der Waals surface area contributed by atoms with E-state index in [2.05, 4.69) is 19.7 Å². The van der Waals surface area contributed by atoms with E-state index in [1.54, 1.807) is 12.3 Å². The van der Waals surface area contributed by atoms with Gasteiger partial charge >= 0.3 is 12.3 Å². The number of carbonyl (C=O) groups is 1. The molecule has 9 nitrogen and oxygen atoms in total. The summed E-state index contributed by atoms with van der Waals surface area (Å²) in [5, 5.41) is 9.09. The summed E-state index contributed by atoms with van der Waals surface area (Å²) in [6.45, 7) is 3.44. The number of anilines is 1. The minimum atomic E-state index is -4.60.